The van der Waals surface area contributed by atoms with Gasteiger partial charge in [-0.05, 0) is 55.7 Å². The minimum absolute atomic E-state index is 0.349. The second-order valence-electron chi connectivity index (χ2n) is 6.97. The Morgan fingerprint density at radius 1 is 1.33 bits per heavy atom. The highest BCUT2D eigenvalue weighted by Gasteiger charge is 2.44. The van der Waals surface area contributed by atoms with Crippen molar-refractivity contribution in [3.63, 3.8) is 0 Å². The first-order chi connectivity index (χ1) is 9.87. The standard InChI is InChI=1S/C17H28N2O2/c1-4-21-17(8-6-16(2,3)7-9-17)14(20)11-13-5-10-19-15(18)12-13/h5,10,12,14,20H,4,6-9,11H2,1-3H3,(H2,18,19). The number of aromatic nitrogens is 1. The molecule has 0 radical (unpaired) electrons. The molecular weight excluding hydrogens is 264 g/mol. The van der Waals surface area contributed by atoms with Crippen LogP contribution in [0.4, 0.5) is 5.82 Å². The predicted molar refractivity (Wildman–Crippen MR) is 85.0 cm³/mol. The summed E-state index contributed by atoms with van der Waals surface area (Å²) in [6.45, 7) is 7.21. The van der Waals surface area contributed by atoms with Crippen LogP contribution >= 0.6 is 0 Å². The fourth-order valence-electron chi connectivity index (χ4n) is 3.24. The number of nitrogen functional groups attached to an aromatic ring is 1. The van der Waals surface area contributed by atoms with Crippen molar-refractivity contribution < 1.29 is 9.84 Å². The Morgan fingerprint density at radius 3 is 2.57 bits per heavy atom. The van der Waals surface area contributed by atoms with Crippen molar-refractivity contribution in [2.24, 2.45) is 5.41 Å². The zero-order chi connectivity index (χ0) is 15.5. The number of pyridine rings is 1. The highest BCUT2D eigenvalue weighted by molar-refractivity contribution is 5.32. The molecule has 21 heavy (non-hydrogen) atoms. The van der Waals surface area contributed by atoms with E-state index in [4.69, 9.17) is 10.5 Å². The lowest BCUT2D eigenvalue weighted by Crippen LogP contribution is -2.50. The first-order valence-corrected chi connectivity index (χ1v) is 7.89. The van der Waals surface area contributed by atoms with Gasteiger partial charge in [0.15, 0.2) is 0 Å². The zero-order valence-electron chi connectivity index (χ0n) is 13.4. The molecule has 1 saturated carbocycles. The van der Waals surface area contributed by atoms with Crippen LogP contribution in [0.25, 0.3) is 0 Å². The van der Waals surface area contributed by atoms with E-state index in [0.29, 0.717) is 24.3 Å². The molecule has 2 rings (SSSR count). The smallest absolute Gasteiger partial charge is 0.123 e. The summed E-state index contributed by atoms with van der Waals surface area (Å²) < 4.78 is 6.03. The summed E-state index contributed by atoms with van der Waals surface area (Å²) in [5, 5.41) is 10.8. The molecule has 1 heterocycles. The number of nitrogens with zero attached hydrogens (tertiary/aromatic N) is 1. The van der Waals surface area contributed by atoms with Crippen molar-refractivity contribution in [2.45, 2.75) is 64.6 Å². The van der Waals surface area contributed by atoms with Crippen molar-refractivity contribution >= 4 is 5.82 Å². The molecule has 0 saturated heterocycles. The Balaban J connectivity index is 2.11. The van der Waals surface area contributed by atoms with Crippen molar-refractivity contribution in [1.82, 2.24) is 4.98 Å². The van der Waals surface area contributed by atoms with Gasteiger partial charge in [-0.3, -0.25) is 0 Å². The second-order valence-corrected chi connectivity index (χ2v) is 6.97. The first kappa shape index (κ1) is 16.2. The minimum atomic E-state index is -0.504. The summed E-state index contributed by atoms with van der Waals surface area (Å²) in [6.07, 6.45) is 5.74. The van der Waals surface area contributed by atoms with Crippen LogP contribution in [0.1, 0.15) is 52.0 Å². The number of rotatable bonds is 5. The molecule has 3 N–H and O–H groups in total. The average molecular weight is 292 g/mol. The van der Waals surface area contributed by atoms with Crippen LogP contribution in [-0.4, -0.2) is 28.4 Å². The zero-order valence-corrected chi connectivity index (χ0v) is 13.4. The third kappa shape index (κ3) is 3.95. The highest BCUT2D eigenvalue weighted by atomic mass is 16.5. The van der Waals surface area contributed by atoms with E-state index in [9.17, 15) is 5.11 Å². The van der Waals surface area contributed by atoms with E-state index < -0.39 is 11.7 Å². The van der Waals surface area contributed by atoms with Crippen LogP contribution < -0.4 is 5.73 Å². The maximum Gasteiger partial charge on any atom is 0.123 e. The lowest BCUT2D eigenvalue weighted by atomic mass is 9.68. The fourth-order valence-corrected chi connectivity index (χ4v) is 3.24. The predicted octanol–water partition coefficient (Wildman–Crippen LogP) is 2.94. The van der Waals surface area contributed by atoms with E-state index in [1.807, 2.05) is 19.1 Å². The molecular formula is C17H28N2O2. The Hall–Kier alpha value is -1.13. The molecule has 118 valence electrons. The van der Waals surface area contributed by atoms with Gasteiger partial charge in [-0.25, -0.2) is 4.98 Å². The van der Waals surface area contributed by atoms with Crippen LogP contribution in [0.2, 0.25) is 0 Å². The highest BCUT2D eigenvalue weighted by Crippen LogP contribution is 2.44. The van der Waals surface area contributed by atoms with Crippen molar-refractivity contribution in [1.29, 1.82) is 0 Å². The van der Waals surface area contributed by atoms with Gasteiger partial charge < -0.3 is 15.6 Å². The Morgan fingerprint density at radius 2 is 2.00 bits per heavy atom. The molecule has 4 nitrogen and oxygen atoms in total. The minimum Gasteiger partial charge on any atom is -0.390 e. The lowest BCUT2D eigenvalue weighted by Gasteiger charge is -2.46. The summed E-state index contributed by atoms with van der Waals surface area (Å²) in [4.78, 5) is 4.00. The third-order valence-electron chi connectivity index (χ3n) is 4.76. The molecule has 0 bridgehead atoms. The summed E-state index contributed by atoms with van der Waals surface area (Å²) in [6, 6.07) is 3.74. The number of hydrogen-bond donors (Lipinski definition) is 2. The Kier molecular flexibility index (Phi) is 4.89. The van der Waals surface area contributed by atoms with Gasteiger partial charge in [-0.2, -0.15) is 0 Å². The fraction of sp³-hybridized carbons (Fsp3) is 0.706. The molecule has 4 heteroatoms. The van der Waals surface area contributed by atoms with Gasteiger partial charge in [0.2, 0.25) is 0 Å². The summed E-state index contributed by atoms with van der Waals surface area (Å²) in [5.41, 5.74) is 6.66. The van der Waals surface area contributed by atoms with Gasteiger partial charge in [0.05, 0.1) is 11.7 Å². The topological polar surface area (TPSA) is 68.4 Å². The average Bonchev–Trinajstić information content (AvgIpc) is 2.41. The Labute approximate surface area is 127 Å². The van der Waals surface area contributed by atoms with Gasteiger partial charge in [0.25, 0.3) is 0 Å². The summed E-state index contributed by atoms with van der Waals surface area (Å²) in [7, 11) is 0. The third-order valence-corrected chi connectivity index (χ3v) is 4.76. The van der Waals surface area contributed by atoms with Gasteiger partial charge in [0.1, 0.15) is 5.82 Å². The van der Waals surface area contributed by atoms with Crippen LogP contribution in [0, 0.1) is 5.41 Å². The van der Waals surface area contributed by atoms with E-state index in [0.717, 1.165) is 31.2 Å². The number of ether oxygens (including phenoxy) is 1. The second kappa shape index (κ2) is 6.32. The molecule has 1 aliphatic carbocycles. The van der Waals surface area contributed by atoms with Gasteiger partial charge in [-0.1, -0.05) is 13.8 Å². The molecule has 1 aliphatic rings. The van der Waals surface area contributed by atoms with Crippen LogP contribution in [-0.2, 0) is 11.2 Å². The summed E-state index contributed by atoms with van der Waals surface area (Å²) in [5.74, 6) is 0.495. The van der Waals surface area contributed by atoms with Gasteiger partial charge in [-0.15, -0.1) is 0 Å². The van der Waals surface area contributed by atoms with Gasteiger partial charge >= 0.3 is 0 Å². The van der Waals surface area contributed by atoms with Crippen molar-refractivity contribution in [3.05, 3.63) is 23.9 Å². The molecule has 1 aromatic heterocycles. The molecule has 1 aromatic rings. The van der Waals surface area contributed by atoms with E-state index in [2.05, 4.69) is 18.8 Å². The summed E-state index contributed by atoms with van der Waals surface area (Å²) >= 11 is 0. The van der Waals surface area contributed by atoms with Crippen LogP contribution in [0.15, 0.2) is 18.3 Å². The van der Waals surface area contributed by atoms with E-state index in [-0.39, 0.29) is 0 Å². The van der Waals surface area contributed by atoms with Gasteiger partial charge in [0, 0.05) is 19.2 Å². The largest absolute Gasteiger partial charge is 0.390 e. The number of aliphatic hydroxyl groups is 1. The first-order valence-electron chi connectivity index (χ1n) is 7.89. The number of anilines is 1. The van der Waals surface area contributed by atoms with Crippen molar-refractivity contribution in [2.75, 3.05) is 12.3 Å². The maximum absolute atomic E-state index is 10.8. The van der Waals surface area contributed by atoms with E-state index in [1.165, 1.54) is 0 Å². The monoisotopic (exact) mass is 292 g/mol. The molecule has 0 spiro atoms. The Bertz CT molecular complexity index is 464. The molecule has 0 aliphatic heterocycles. The number of aliphatic hydroxyl groups excluding tert-OH is 1. The maximum atomic E-state index is 10.8. The van der Waals surface area contributed by atoms with Crippen LogP contribution in [0.5, 0.6) is 0 Å². The van der Waals surface area contributed by atoms with Crippen LogP contribution in [0.3, 0.4) is 0 Å². The molecule has 0 aromatic carbocycles. The molecule has 1 unspecified atom stereocenters. The van der Waals surface area contributed by atoms with E-state index >= 15 is 0 Å². The van der Waals surface area contributed by atoms with E-state index in [1.54, 1.807) is 6.20 Å². The normalized spacial score (nSPS) is 21.9. The molecule has 1 atom stereocenters. The number of hydrogen-bond acceptors (Lipinski definition) is 4. The van der Waals surface area contributed by atoms with Crippen molar-refractivity contribution in [3.8, 4) is 0 Å². The number of nitrogens with two attached hydrogens (primary N) is 1. The molecule has 1 fully saturated rings. The quantitative estimate of drug-likeness (QED) is 0.875. The SMILES string of the molecule is CCOC1(C(O)Cc2ccnc(N)c2)CCC(C)(C)CC1. The lowest BCUT2D eigenvalue weighted by molar-refractivity contribution is -0.150. The molecule has 0 amide bonds.